The summed E-state index contributed by atoms with van der Waals surface area (Å²) in [5.74, 6) is -0.788. The molecule has 182 valence electrons. The molecule has 0 atom stereocenters. The Hall–Kier alpha value is -4.04. The number of H-pyrrole nitrogens is 1. The first kappa shape index (κ1) is 24.1. The molecular weight excluding hydrogens is 444 g/mol. The number of hydrogen-bond donors (Lipinski definition) is 5. The Morgan fingerprint density at radius 1 is 1.09 bits per heavy atom. The smallest absolute Gasteiger partial charge is 0.256 e. The standard InChI is InChI=1S/C27H30N4O4/c1-4-31(5-2)13-12-28-27(35)24-16(3)29-22(25(24)19-11-10-17(32)14-23(19)33)15-20-18-8-6-7-9-21(18)30-26(20)34/h6-11,14-15,29,32-33H,4-5,12-13H2,1-3H3,(H,28,35)(H,30,34)/b20-15-. The van der Waals surface area contributed by atoms with E-state index in [9.17, 15) is 19.8 Å². The van der Waals surface area contributed by atoms with E-state index in [1.54, 1.807) is 19.1 Å². The number of phenolic OH excluding ortho intramolecular Hbond substituents is 2. The highest BCUT2D eigenvalue weighted by atomic mass is 16.3. The van der Waals surface area contributed by atoms with Crippen molar-refractivity contribution in [3.8, 4) is 22.6 Å². The van der Waals surface area contributed by atoms with Crippen LogP contribution in [0.2, 0.25) is 0 Å². The monoisotopic (exact) mass is 474 g/mol. The number of para-hydroxylation sites is 1. The average Bonchev–Trinajstić information content (AvgIpc) is 3.32. The molecule has 35 heavy (non-hydrogen) atoms. The summed E-state index contributed by atoms with van der Waals surface area (Å²) < 4.78 is 0. The molecule has 5 N–H and O–H groups in total. The lowest BCUT2D eigenvalue weighted by atomic mass is 9.96. The molecule has 1 aliphatic heterocycles. The third-order valence-electron chi connectivity index (χ3n) is 6.30. The van der Waals surface area contributed by atoms with Crippen molar-refractivity contribution in [1.29, 1.82) is 0 Å². The molecule has 2 aromatic carbocycles. The minimum Gasteiger partial charge on any atom is -0.508 e. The number of fused-ring (bicyclic) bond motifs is 1. The summed E-state index contributed by atoms with van der Waals surface area (Å²) in [7, 11) is 0. The zero-order valence-electron chi connectivity index (χ0n) is 20.1. The molecule has 0 spiro atoms. The first-order valence-electron chi connectivity index (χ1n) is 11.7. The Balaban J connectivity index is 1.80. The maximum Gasteiger partial charge on any atom is 0.256 e. The topological polar surface area (TPSA) is 118 Å². The molecule has 1 aromatic heterocycles. The van der Waals surface area contributed by atoms with E-state index in [1.807, 2.05) is 24.3 Å². The largest absolute Gasteiger partial charge is 0.508 e. The third-order valence-corrected chi connectivity index (χ3v) is 6.30. The van der Waals surface area contributed by atoms with Gasteiger partial charge in [0.15, 0.2) is 0 Å². The molecular formula is C27H30N4O4. The van der Waals surface area contributed by atoms with E-state index in [1.165, 1.54) is 12.1 Å². The highest BCUT2D eigenvalue weighted by molar-refractivity contribution is 6.35. The predicted octanol–water partition coefficient (Wildman–Crippen LogP) is 3.97. The lowest BCUT2D eigenvalue weighted by Crippen LogP contribution is -2.35. The highest BCUT2D eigenvalue weighted by Crippen LogP contribution is 2.40. The van der Waals surface area contributed by atoms with Crippen LogP contribution in [0.3, 0.4) is 0 Å². The van der Waals surface area contributed by atoms with E-state index < -0.39 is 0 Å². The van der Waals surface area contributed by atoms with Gasteiger partial charge in [-0.05, 0) is 44.3 Å². The second-order valence-electron chi connectivity index (χ2n) is 8.46. The summed E-state index contributed by atoms with van der Waals surface area (Å²) in [5.41, 5.74) is 4.26. The van der Waals surface area contributed by atoms with E-state index in [2.05, 4.69) is 34.4 Å². The van der Waals surface area contributed by atoms with Crippen LogP contribution in [0.4, 0.5) is 5.69 Å². The van der Waals surface area contributed by atoms with Crippen molar-refractivity contribution in [2.45, 2.75) is 20.8 Å². The van der Waals surface area contributed by atoms with E-state index in [4.69, 9.17) is 0 Å². The van der Waals surface area contributed by atoms with Crippen molar-refractivity contribution >= 4 is 29.2 Å². The Kier molecular flexibility index (Phi) is 6.93. The fourth-order valence-electron chi connectivity index (χ4n) is 4.43. The lowest BCUT2D eigenvalue weighted by molar-refractivity contribution is -0.110. The first-order chi connectivity index (χ1) is 16.8. The van der Waals surface area contributed by atoms with Crippen molar-refractivity contribution in [1.82, 2.24) is 15.2 Å². The van der Waals surface area contributed by atoms with Gasteiger partial charge in [0.05, 0.1) is 11.1 Å². The van der Waals surface area contributed by atoms with Crippen LogP contribution in [0.25, 0.3) is 22.8 Å². The number of aromatic amines is 1. The number of amides is 2. The van der Waals surface area contributed by atoms with Crippen molar-refractivity contribution < 1.29 is 19.8 Å². The maximum absolute atomic E-state index is 13.3. The van der Waals surface area contributed by atoms with Gasteiger partial charge in [-0.3, -0.25) is 9.59 Å². The summed E-state index contributed by atoms with van der Waals surface area (Å²) in [6, 6.07) is 11.6. The van der Waals surface area contributed by atoms with Gasteiger partial charge in [-0.2, -0.15) is 0 Å². The van der Waals surface area contributed by atoms with E-state index >= 15 is 0 Å². The number of carbonyl (C=O) groups excluding carboxylic acids is 2. The molecule has 0 radical (unpaired) electrons. The fourth-order valence-corrected chi connectivity index (χ4v) is 4.43. The van der Waals surface area contributed by atoms with E-state index in [0.717, 1.165) is 30.9 Å². The Morgan fingerprint density at radius 2 is 1.83 bits per heavy atom. The van der Waals surface area contributed by atoms with Crippen molar-refractivity contribution in [3.63, 3.8) is 0 Å². The number of aromatic nitrogens is 1. The number of hydrogen-bond acceptors (Lipinski definition) is 5. The fraction of sp³-hybridized carbons (Fsp3) is 0.259. The van der Waals surface area contributed by atoms with Crippen molar-refractivity contribution in [3.05, 3.63) is 65.0 Å². The van der Waals surface area contributed by atoms with Crippen molar-refractivity contribution in [2.75, 3.05) is 31.5 Å². The summed E-state index contributed by atoms with van der Waals surface area (Å²) in [6.07, 6.45) is 1.70. The van der Waals surface area contributed by atoms with Crippen LogP contribution in [-0.2, 0) is 4.79 Å². The average molecular weight is 475 g/mol. The Labute approximate surface area is 204 Å². The number of likely N-dealkylation sites (N-methyl/N-ethyl adjacent to an activating group) is 1. The number of aryl methyl sites for hydroxylation is 1. The minimum atomic E-state index is -0.283. The van der Waals surface area contributed by atoms with Gasteiger partial charge in [0.1, 0.15) is 11.5 Å². The number of nitrogens with one attached hydrogen (secondary N) is 3. The minimum absolute atomic E-state index is 0.0901. The van der Waals surface area contributed by atoms with Gasteiger partial charge < -0.3 is 30.7 Å². The highest BCUT2D eigenvalue weighted by Gasteiger charge is 2.27. The Bertz CT molecular complexity index is 1300. The van der Waals surface area contributed by atoms with Crippen LogP contribution < -0.4 is 10.6 Å². The molecule has 8 nitrogen and oxygen atoms in total. The van der Waals surface area contributed by atoms with E-state index in [0.29, 0.717) is 40.2 Å². The SMILES string of the molecule is CCN(CC)CCNC(=O)c1c(C)[nH]c(/C=C2\C(=O)Nc3ccccc32)c1-c1ccc(O)cc1O. The van der Waals surface area contributed by atoms with Gasteiger partial charge in [0, 0.05) is 52.9 Å². The van der Waals surface area contributed by atoms with Crippen LogP contribution in [-0.4, -0.2) is 58.1 Å². The molecule has 0 saturated carbocycles. The van der Waals surface area contributed by atoms with Crippen LogP contribution in [0.15, 0.2) is 42.5 Å². The van der Waals surface area contributed by atoms with E-state index in [-0.39, 0.29) is 23.3 Å². The number of nitrogens with zero attached hydrogens (tertiary/aromatic N) is 1. The number of benzene rings is 2. The second-order valence-corrected chi connectivity index (χ2v) is 8.46. The summed E-state index contributed by atoms with van der Waals surface area (Å²) in [4.78, 5) is 31.5. The lowest BCUT2D eigenvalue weighted by Gasteiger charge is -2.18. The molecule has 2 amide bonds. The molecule has 2 heterocycles. The van der Waals surface area contributed by atoms with Crippen LogP contribution in [0, 0.1) is 6.92 Å². The number of carbonyl (C=O) groups is 2. The zero-order chi connectivity index (χ0) is 25.1. The van der Waals surface area contributed by atoms with Gasteiger partial charge in [0.2, 0.25) is 0 Å². The van der Waals surface area contributed by atoms with Crippen LogP contribution in [0.5, 0.6) is 11.5 Å². The van der Waals surface area contributed by atoms with Gasteiger partial charge in [-0.1, -0.05) is 32.0 Å². The number of rotatable bonds is 8. The molecule has 0 bridgehead atoms. The molecule has 0 fully saturated rings. The molecule has 0 aliphatic carbocycles. The van der Waals surface area contributed by atoms with Gasteiger partial charge >= 0.3 is 0 Å². The number of aromatic hydroxyl groups is 2. The third kappa shape index (κ3) is 4.79. The number of phenols is 2. The normalized spacial score (nSPS) is 13.8. The molecule has 0 saturated heterocycles. The van der Waals surface area contributed by atoms with Crippen LogP contribution >= 0.6 is 0 Å². The van der Waals surface area contributed by atoms with Gasteiger partial charge in [0.25, 0.3) is 11.8 Å². The molecule has 8 heteroatoms. The van der Waals surface area contributed by atoms with Gasteiger partial charge in [-0.25, -0.2) is 0 Å². The quantitative estimate of drug-likeness (QED) is 0.317. The summed E-state index contributed by atoms with van der Waals surface area (Å²) in [6.45, 7) is 8.90. The summed E-state index contributed by atoms with van der Waals surface area (Å²) >= 11 is 0. The second kappa shape index (κ2) is 10.1. The summed E-state index contributed by atoms with van der Waals surface area (Å²) in [5, 5.41) is 26.3. The molecule has 3 aromatic rings. The number of anilines is 1. The maximum atomic E-state index is 13.3. The Morgan fingerprint density at radius 3 is 2.54 bits per heavy atom. The zero-order valence-corrected chi connectivity index (χ0v) is 20.1. The molecule has 1 aliphatic rings. The van der Waals surface area contributed by atoms with Crippen molar-refractivity contribution in [2.24, 2.45) is 0 Å². The predicted molar refractivity (Wildman–Crippen MR) is 137 cm³/mol. The van der Waals surface area contributed by atoms with Gasteiger partial charge in [-0.15, -0.1) is 0 Å². The first-order valence-corrected chi connectivity index (χ1v) is 11.7. The van der Waals surface area contributed by atoms with Crippen LogP contribution in [0.1, 0.15) is 41.2 Å². The molecule has 0 unspecified atom stereocenters. The molecule has 4 rings (SSSR count).